The normalized spacial score (nSPS) is 12.1. The molecule has 1 N–H and O–H groups in total. The lowest BCUT2D eigenvalue weighted by Crippen LogP contribution is -2.26. The van der Waals surface area contributed by atoms with E-state index in [1.54, 1.807) is 30.7 Å². The van der Waals surface area contributed by atoms with Crippen molar-refractivity contribution in [1.82, 2.24) is 15.1 Å². The highest BCUT2D eigenvalue weighted by atomic mass is 16.3. The number of amides is 1. The van der Waals surface area contributed by atoms with Gasteiger partial charge in [0.15, 0.2) is 0 Å². The second kappa shape index (κ2) is 5.89. The lowest BCUT2D eigenvalue weighted by atomic mass is 10.1. The summed E-state index contributed by atoms with van der Waals surface area (Å²) < 4.78 is 7.11. The fourth-order valence-corrected chi connectivity index (χ4v) is 2.28. The minimum Gasteiger partial charge on any atom is -0.467 e. The number of hydrogen-bond acceptors (Lipinski definition) is 3. The molecule has 3 rings (SSSR count). The highest BCUT2D eigenvalue weighted by Crippen LogP contribution is 2.15. The smallest absolute Gasteiger partial charge is 0.251 e. The third-order valence-electron chi connectivity index (χ3n) is 3.52. The van der Waals surface area contributed by atoms with Crippen LogP contribution < -0.4 is 5.32 Å². The van der Waals surface area contributed by atoms with Gasteiger partial charge >= 0.3 is 0 Å². The average Bonchev–Trinajstić information content (AvgIpc) is 3.18. The molecular formula is C17H17N3O2. The molecule has 112 valence electrons. The van der Waals surface area contributed by atoms with Gasteiger partial charge in [-0.15, -0.1) is 0 Å². The highest BCUT2D eigenvalue weighted by molar-refractivity contribution is 5.94. The molecule has 0 spiro atoms. The van der Waals surface area contributed by atoms with Crippen LogP contribution in [0.5, 0.6) is 0 Å². The second-order valence-corrected chi connectivity index (χ2v) is 5.14. The van der Waals surface area contributed by atoms with Gasteiger partial charge in [0.25, 0.3) is 5.91 Å². The van der Waals surface area contributed by atoms with Gasteiger partial charge in [-0.05, 0) is 56.3 Å². The fraction of sp³-hybridized carbons (Fsp3) is 0.176. The van der Waals surface area contributed by atoms with Crippen LogP contribution in [0.4, 0.5) is 0 Å². The molecule has 1 atom stereocenters. The number of furan rings is 1. The van der Waals surface area contributed by atoms with Gasteiger partial charge in [0, 0.05) is 17.5 Å². The van der Waals surface area contributed by atoms with E-state index in [9.17, 15) is 4.79 Å². The van der Waals surface area contributed by atoms with Crippen molar-refractivity contribution in [3.63, 3.8) is 0 Å². The molecule has 1 aromatic carbocycles. The van der Waals surface area contributed by atoms with E-state index in [4.69, 9.17) is 4.42 Å². The van der Waals surface area contributed by atoms with E-state index in [-0.39, 0.29) is 11.9 Å². The zero-order valence-electron chi connectivity index (χ0n) is 12.5. The molecular weight excluding hydrogens is 278 g/mol. The maximum Gasteiger partial charge on any atom is 0.251 e. The van der Waals surface area contributed by atoms with Crippen LogP contribution in [-0.2, 0) is 0 Å². The minimum absolute atomic E-state index is 0.132. The molecule has 22 heavy (non-hydrogen) atoms. The van der Waals surface area contributed by atoms with Crippen LogP contribution in [0.2, 0.25) is 0 Å². The number of rotatable bonds is 4. The Morgan fingerprint density at radius 1 is 1.23 bits per heavy atom. The van der Waals surface area contributed by atoms with Crippen LogP contribution in [0.25, 0.3) is 5.69 Å². The number of hydrogen-bond donors (Lipinski definition) is 1. The Morgan fingerprint density at radius 2 is 2.00 bits per heavy atom. The van der Waals surface area contributed by atoms with Gasteiger partial charge in [0.2, 0.25) is 0 Å². The molecule has 0 unspecified atom stereocenters. The Kier molecular flexibility index (Phi) is 3.78. The average molecular weight is 295 g/mol. The van der Waals surface area contributed by atoms with Gasteiger partial charge in [-0.3, -0.25) is 4.79 Å². The predicted molar refractivity (Wildman–Crippen MR) is 82.9 cm³/mol. The summed E-state index contributed by atoms with van der Waals surface area (Å²) in [5, 5.41) is 7.16. The van der Waals surface area contributed by atoms with Gasteiger partial charge in [-0.1, -0.05) is 0 Å². The summed E-state index contributed by atoms with van der Waals surface area (Å²) in [6.07, 6.45) is 3.35. The van der Waals surface area contributed by atoms with Gasteiger partial charge in [0.05, 0.1) is 18.0 Å². The van der Waals surface area contributed by atoms with Crippen molar-refractivity contribution in [2.24, 2.45) is 0 Å². The lowest BCUT2D eigenvalue weighted by molar-refractivity contribution is 0.0935. The SMILES string of the molecule is Cc1ccnn1-c1ccc(C(=O)N[C@@H](C)c2ccco2)cc1. The Hall–Kier alpha value is -2.82. The Balaban J connectivity index is 1.73. The molecule has 5 nitrogen and oxygen atoms in total. The summed E-state index contributed by atoms with van der Waals surface area (Å²) in [4.78, 5) is 12.2. The van der Waals surface area contributed by atoms with Crippen molar-refractivity contribution in [2.75, 3.05) is 0 Å². The summed E-state index contributed by atoms with van der Waals surface area (Å²) in [7, 11) is 0. The van der Waals surface area contributed by atoms with Crippen molar-refractivity contribution < 1.29 is 9.21 Å². The van der Waals surface area contributed by atoms with Gasteiger partial charge in [0.1, 0.15) is 5.76 Å². The standard InChI is InChI=1S/C17H17N3O2/c1-12-9-10-18-20(12)15-7-5-14(6-8-15)17(21)19-13(2)16-4-3-11-22-16/h3-11,13H,1-2H3,(H,19,21)/t13-/m0/s1. The Labute approximate surface area is 128 Å². The Morgan fingerprint density at radius 3 is 2.59 bits per heavy atom. The van der Waals surface area contributed by atoms with E-state index in [0.717, 1.165) is 17.1 Å². The van der Waals surface area contributed by atoms with Crippen molar-refractivity contribution in [3.8, 4) is 5.69 Å². The van der Waals surface area contributed by atoms with Crippen LogP contribution in [0, 0.1) is 6.92 Å². The molecule has 2 heterocycles. The summed E-state index contributed by atoms with van der Waals surface area (Å²) in [5.74, 6) is 0.602. The molecule has 0 radical (unpaired) electrons. The molecule has 2 aromatic heterocycles. The summed E-state index contributed by atoms with van der Waals surface area (Å²) in [6, 6.07) is 12.8. The van der Waals surface area contributed by atoms with Crippen LogP contribution in [0.15, 0.2) is 59.3 Å². The predicted octanol–water partition coefficient (Wildman–Crippen LogP) is 3.26. The topological polar surface area (TPSA) is 60.1 Å². The minimum atomic E-state index is -0.171. The first-order valence-corrected chi connectivity index (χ1v) is 7.10. The molecule has 5 heteroatoms. The first kappa shape index (κ1) is 14.1. The third-order valence-corrected chi connectivity index (χ3v) is 3.52. The maximum atomic E-state index is 12.2. The van der Waals surface area contributed by atoms with E-state index < -0.39 is 0 Å². The molecule has 0 aliphatic rings. The van der Waals surface area contributed by atoms with Crippen molar-refractivity contribution in [1.29, 1.82) is 0 Å². The van der Waals surface area contributed by atoms with E-state index in [2.05, 4.69) is 10.4 Å². The fourth-order valence-electron chi connectivity index (χ4n) is 2.28. The molecule has 0 bridgehead atoms. The number of nitrogens with one attached hydrogen (secondary N) is 1. The van der Waals surface area contributed by atoms with Gasteiger partial charge < -0.3 is 9.73 Å². The van der Waals surface area contributed by atoms with Crippen LogP contribution in [0.3, 0.4) is 0 Å². The van der Waals surface area contributed by atoms with E-state index in [0.29, 0.717) is 5.56 Å². The lowest BCUT2D eigenvalue weighted by Gasteiger charge is -2.12. The summed E-state index contributed by atoms with van der Waals surface area (Å²) in [6.45, 7) is 3.87. The summed E-state index contributed by atoms with van der Waals surface area (Å²) >= 11 is 0. The first-order chi connectivity index (χ1) is 10.6. The molecule has 3 aromatic rings. The highest BCUT2D eigenvalue weighted by Gasteiger charge is 2.13. The zero-order valence-corrected chi connectivity index (χ0v) is 12.5. The number of carbonyl (C=O) groups excluding carboxylic acids is 1. The zero-order chi connectivity index (χ0) is 15.5. The molecule has 1 amide bonds. The molecule has 0 saturated carbocycles. The van der Waals surface area contributed by atoms with Gasteiger partial charge in [-0.2, -0.15) is 5.10 Å². The summed E-state index contributed by atoms with van der Waals surface area (Å²) in [5.41, 5.74) is 2.58. The van der Waals surface area contributed by atoms with E-state index >= 15 is 0 Å². The second-order valence-electron chi connectivity index (χ2n) is 5.14. The molecule has 0 aliphatic heterocycles. The quantitative estimate of drug-likeness (QED) is 0.803. The first-order valence-electron chi connectivity index (χ1n) is 7.10. The van der Waals surface area contributed by atoms with Gasteiger partial charge in [-0.25, -0.2) is 4.68 Å². The molecule has 0 aliphatic carbocycles. The van der Waals surface area contributed by atoms with Crippen molar-refractivity contribution in [2.45, 2.75) is 19.9 Å². The number of nitrogens with zero attached hydrogens (tertiary/aromatic N) is 2. The number of aryl methyl sites for hydroxylation is 1. The molecule has 0 saturated heterocycles. The van der Waals surface area contributed by atoms with Crippen LogP contribution >= 0.6 is 0 Å². The van der Waals surface area contributed by atoms with Crippen molar-refractivity contribution >= 4 is 5.91 Å². The van der Waals surface area contributed by atoms with Crippen LogP contribution in [-0.4, -0.2) is 15.7 Å². The number of carbonyl (C=O) groups is 1. The van der Waals surface area contributed by atoms with E-state index in [1.165, 1.54) is 0 Å². The number of aromatic nitrogens is 2. The maximum absolute atomic E-state index is 12.2. The monoisotopic (exact) mass is 295 g/mol. The Bertz CT molecular complexity index is 758. The van der Waals surface area contributed by atoms with E-state index in [1.807, 2.05) is 42.8 Å². The largest absolute Gasteiger partial charge is 0.467 e. The third kappa shape index (κ3) is 2.79. The molecule has 0 fully saturated rings. The number of benzene rings is 1. The van der Waals surface area contributed by atoms with Crippen LogP contribution in [0.1, 0.15) is 34.8 Å². The van der Waals surface area contributed by atoms with Crippen molar-refractivity contribution in [3.05, 3.63) is 71.9 Å².